The third kappa shape index (κ3) is 9.71. The maximum atomic E-state index is 6.21. The summed E-state index contributed by atoms with van der Waals surface area (Å²) in [6.45, 7) is 17.0. The van der Waals surface area contributed by atoms with Gasteiger partial charge in [-0.1, -0.05) is 27.7 Å². The molecule has 0 aliphatic heterocycles. The van der Waals surface area contributed by atoms with Crippen molar-refractivity contribution in [3.63, 3.8) is 0 Å². The number of fused-ring (bicyclic) bond motifs is 2. The highest BCUT2D eigenvalue weighted by Gasteiger charge is 2.29. The Kier molecular flexibility index (Phi) is 13.6. The third-order valence-electron chi connectivity index (χ3n) is 11.6. The largest absolute Gasteiger partial charge is 0.490 e. The Morgan fingerprint density at radius 1 is 0.350 bits per heavy atom. The second-order valence-electron chi connectivity index (χ2n) is 16.1. The van der Waals surface area contributed by atoms with Crippen LogP contribution in [0.2, 0.25) is 0 Å². The zero-order valence-corrected chi connectivity index (χ0v) is 36.6. The fourth-order valence-electron chi connectivity index (χ4n) is 7.51. The Morgan fingerprint density at radius 2 is 0.617 bits per heavy atom. The Labute approximate surface area is 358 Å². The first-order chi connectivity index (χ1) is 29.2. The molecule has 0 saturated carbocycles. The van der Waals surface area contributed by atoms with Gasteiger partial charge < -0.3 is 18.9 Å². The van der Waals surface area contributed by atoms with Crippen molar-refractivity contribution in [2.24, 2.45) is 0 Å². The lowest BCUT2D eigenvalue weighted by atomic mass is 9.80. The van der Waals surface area contributed by atoms with Crippen LogP contribution in [0.5, 0.6) is 23.0 Å². The second-order valence-corrected chi connectivity index (χ2v) is 16.1. The first-order valence-corrected chi connectivity index (χ1v) is 22.0. The third-order valence-corrected chi connectivity index (χ3v) is 11.6. The van der Waals surface area contributed by atoms with Crippen LogP contribution >= 0.6 is 0 Å². The summed E-state index contributed by atoms with van der Waals surface area (Å²) in [7, 11) is 0. The average Bonchev–Trinajstić information content (AvgIpc) is 3.28. The summed E-state index contributed by atoms with van der Waals surface area (Å²) in [5.41, 5.74) is 6.80. The van der Waals surface area contributed by atoms with E-state index in [4.69, 9.17) is 18.9 Å². The van der Waals surface area contributed by atoms with Crippen LogP contribution < -0.4 is 18.9 Å². The van der Waals surface area contributed by atoms with Gasteiger partial charge in [-0.3, -0.25) is 0 Å². The van der Waals surface area contributed by atoms with E-state index >= 15 is 0 Å². The number of ether oxygens (including phenoxy) is 4. The smallest absolute Gasteiger partial charge is 0.130 e. The molecule has 4 nitrogen and oxygen atoms in total. The molecule has 4 heteroatoms. The van der Waals surface area contributed by atoms with Crippen molar-refractivity contribution in [1.29, 1.82) is 0 Å². The maximum absolute atomic E-state index is 6.21. The van der Waals surface area contributed by atoms with E-state index in [1.165, 1.54) is 21.5 Å². The topological polar surface area (TPSA) is 36.9 Å². The lowest BCUT2D eigenvalue weighted by molar-refractivity contribution is 0.217. The first-order valence-electron chi connectivity index (χ1n) is 22.0. The van der Waals surface area contributed by atoms with Crippen molar-refractivity contribution < 1.29 is 18.9 Å². The van der Waals surface area contributed by atoms with Gasteiger partial charge in [-0.25, -0.2) is 0 Å². The van der Waals surface area contributed by atoms with Crippen LogP contribution in [-0.2, 0) is 0 Å². The summed E-state index contributed by atoms with van der Waals surface area (Å²) in [6, 6.07) is 52.4. The summed E-state index contributed by atoms with van der Waals surface area (Å²) in [5.74, 6) is 5.81. The molecule has 7 aromatic rings. The molecule has 0 heterocycles. The Bertz CT molecular complexity index is 2150. The SMILES string of the molecule is CC[C@@H](C)Oc1ccc([C+](c2ccc(O[C@H](C)CC)cc2)c2cccc3cc4cccc([C+](c5ccc(O[C@H](C)CC)cc5)c5ccc(O[C@H](C)CC)cc5)c4cc23)cc1. The fraction of sp³-hybridized carbons (Fsp3) is 0.286. The van der Waals surface area contributed by atoms with Gasteiger partial charge in [0.15, 0.2) is 0 Å². The van der Waals surface area contributed by atoms with Gasteiger partial charge in [-0.2, -0.15) is 0 Å². The fourth-order valence-corrected chi connectivity index (χ4v) is 7.51. The van der Waals surface area contributed by atoms with Crippen molar-refractivity contribution in [2.75, 3.05) is 0 Å². The van der Waals surface area contributed by atoms with E-state index in [0.717, 1.165) is 93.9 Å². The van der Waals surface area contributed by atoms with Crippen LogP contribution in [0, 0.1) is 11.8 Å². The molecule has 0 N–H and O–H groups in total. The Hall–Kier alpha value is -6.00. The molecular weight excluding hydrogens is 737 g/mol. The predicted molar refractivity (Wildman–Crippen MR) is 250 cm³/mol. The molecule has 306 valence electrons. The number of benzene rings is 7. The molecule has 0 bridgehead atoms. The van der Waals surface area contributed by atoms with Crippen LogP contribution in [-0.4, -0.2) is 24.4 Å². The predicted octanol–water partition coefficient (Wildman–Crippen LogP) is 14.7. The van der Waals surface area contributed by atoms with E-state index in [-0.39, 0.29) is 24.4 Å². The quantitative estimate of drug-likeness (QED) is 0.0492. The van der Waals surface area contributed by atoms with Gasteiger partial charge in [0.2, 0.25) is 0 Å². The van der Waals surface area contributed by atoms with E-state index < -0.39 is 0 Å². The monoisotopic (exact) mass is 796 g/mol. The van der Waals surface area contributed by atoms with Gasteiger partial charge in [0, 0.05) is 76.1 Å². The van der Waals surface area contributed by atoms with Crippen LogP contribution in [0.15, 0.2) is 146 Å². The molecule has 60 heavy (non-hydrogen) atoms. The standard InChI is InChI=1S/C56H60O4/c1-9-37(5)57-47-27-19-41(20-28-47)55(42-21-29-48(30-22-42)58-38(6)10-2)51-17-13-15-45-35-46-16-14-18-52(54(46)36-53(45)51)56(43-23-31-49(32-24-43)59-39(7)11-3)44-25-33-50(34-26-44)60-40(8)12-4/h13-40H,9-12H2,1-8H3/q+2/t37-,38-,39-,40-/m1/s1. The molecule has 0 aliphatic rings. The van der Waals surface area contributed by atoms with Crippen LogP contribution in [0.4, 0.5) is 0 Å². The lowest BCUT2D eigenvalue weighted by Gasteiger charge is -2.19. The molecule has 0 unspecified atom stereocenters. The molecule has 0 aromatic heterocycles. The molecule has 0 fully saturated rings. The molecule has 0 saturated heterocycles. The van der Waals surface area contributed by atoms with E-state index in [9.17, 15) is 0 Å². The minimum absolute atomic E-state index is 0.145. The van der Waals surface area contributed by atoms with Crippen molar-refractivity contribution >= 4 is 21.5 Å². The number of rotatable bonds is 18. The minimum atomic E-state index is 0.145. The molecule has 0 radical (unpaired) electrons. The summed E-state index contributed by atoms with van der Waals surface area (Å²) < 4.78 is 24.9. The lowest BCUT2D eigenvalue weighted by Crippen LogP contribution is -2.11. The van der Waals surface area contributed by atoms with Crippen molar-refractivity contribution in [3.8, 4) is 23.0 Å². The summed E-state index contributed by atoms with van der Waals surface area (Å²) in [6.07, 6.45) is 4.38. The zero-order valence-electron chi connectivity index (χ0n) is 36.6. The molecule has 0 spiro atoms. The van der Waals surface area contributed by atoms with E-state index in [1.54, 1.807) is 0 Å². The molecule has 4 atom stereocenters. The van der Waals surface area contributed by atoms with Gasteiger partial charge in [0.1, 0.15) is 23.0 Å². The molecule has 7 aromatic carbocycles. The highest BCUT2D eigenvalue weighted by molar-refractivity contribution is 6.03. The van der Waals surface area contributed by atoms with Crippen LogP contribution in [0.25, 0.3) is 21.5 Å². The molecule has 7 rings (SSSR count). The highest BCUT2D eigenvalue weighted by atomic mass is 16.5. The van der Waals surface area contributed by atoms with Crippen LogP contribution in [0.1, 0.15) is 114 Å². The van der Waals surface area contributed by atoms with Crippen molar-refractivity contribution in [1.82, 2.24) is 0 Å². The molecule has 0 aliphatic carbocycles. The van der Waals surface area contributed by atoms with E-state index in [0.29, 0.717) is 0 Å². The first kappa shape index (κ1) is 42.1. The van der Waals surface area contributed by atoms with E-state index in [2.05, 4.69) is 201 Å². The normalized spacial score (nSPS) is 13.3. The number of hydrogen-bond acceptors (Lipinski definition) is 4. The highest BCUT2D eigenvalue weighted by Crippen LogP contribution is 2.42. The van der Waals surface area contributed by atoms with Gasteiger partial charge in [0.05, 0.1) is 69.6 Å². The summed E-state index contributed by atoms with van der Waals surface area (Å²) >= 11 is 0. The van der Waals surface area contributed by atoms with Gasteiger partial charge in [-0.05, 0) is 144 Å². The maximum Gasteiger partial charge on any atom is 0.130 e. The molecular formula is C56H60O4+2. The summed E-state index contributed by atoms with van der Waals surface area (Å²) in [4.78, 5) is 0. The Balaban J connectivity index is 1.39. The van der Waals surface area contributed by atoms with Crippen LogP contribution in [0.3, 0.4) is 0 Å². The van der Waals surface area contributed by atoms with Gasteiger partial charge in [-0.15, -0.1) is 0 Å². The van der Waals surface area contributed by atoms with E-state index in [1.807, 2.05) is 0 Å². The van der Waals surface area contributed by atoms with Gasteiger partial charge >= 0.3 is 0 Å². The van der Waals surface area contributed by atoms with Crippen molar-refractivity contribution in [3.05, 3.63) is 191 Å². The Morgan fingerprint density at radius 3 is 0.867 bits per heavy atom. The zero-order chi connectivity index (χ0) is 42.2. The second kappa shape index (κ2) is 19.4. The molecule has 0 amide bonds. The minimum Gasteiger partial charge on any atom is -0.490 e. The van der Waals surface area contributed by atoms with Crippen molar-refractivity contribution in [2.45, 2.75) is 105 Å². The van der Waals surface area contributed by atoms with Gasteiger partial charge in [0.25, 0.3) is 0 Å². The average molecular weight is 797 g/mol. The summed E-state index contributed by atoms with van der Waals surface area (Å²) in [5, 5.41) is 4.73. The number of hydrogen-bond donors (Lipinski definition) is 0.